The summed E-state index contributed by atoms with van der Waals surface area (Å²) in [7, 11) is 0. The summed E-state index contributed by atoms with van der Waals surface area (Å²) >= 11 is 0. The average Bonchev–Trinajstić information content (AvgIpc) is 2.71. The predicted octanol–water partition coefficient (Wildman–Crippen LogP) is -0.927. The van der Waals surface area contributed by atoms with Crippen molar-refractivity contribution in [2.45, 2.75) is 37.9 Å². The van der Waals surface area contributed by atoms with Gasteiger partial charge in [0.05, 0.1) is 17.8 Å². The lowest BCUT2D eigenvalue weighted by atomic mass is 9.81. The maximum absolute atomic E-state index is 11.7. The molecule has 0 aromatic carbocycles. The minimum Gasteiger partial charge on any atom is -0.472 e. The summed E-state index contributed by atoms with van der Waals surface area (Å²) in [6.07, 6.45) is -1.94. The summed E-state index contributed by atoms with van der Waals surface area (Å²) < 4.78 is 15.2. The molecule has 0 aromatic heterocycles. The Morgan fingerprint density at radius 1 is 1.53 bits per heavy atom. The van der Waals surface area contributed by atoms with E-state index in [0.29, 0.717) is 0 Å². The summed E-state index contributed by atoms with van der Waals surface area (Å²) in [5.74, 6) is -2.48. The molecule has 0 amide bonds. The van der Waals surface area contributed by atoms with E-state index in [4.69, 9.17) is 14.2 Å². The van der Waals surface area contributed by atoms with Crippen LogP contribution in [-0.4, -0.2) is 46.3 Å². The molecule has 0 radical (unpaired) electrons. The quantitative estimate of drug-likeness (QED) is 0.593. The topological polar surface area (TPSA) is 102 Å². The van der Waals surface area contributed by atoms with E-state index in [-0.39, 0.29) is 5.57 Å². The number of ether oxygens (including phenoxy) is 3. The van der Waals surface area contributed by atoms with Gasteiger partial charge in [0.2, 0.25) is 6.29 Å². The number of carbonyl (C=O) groups excluding carboxylic acids is 2. The molecule has 19 heavy (non-hydrogen) atoms. The van der Waals surface area contributed by atoms with Crippen molar-refractivity contribution in [3.63, 3.8) is 0 Å². The van der Waals surface area contributed by atoms with Gasteiger partial charge in [0.1, 0.15) is 11.7 Å². The Bertz CT molecular complexity index is 480. The summed E-state index contributed by atoms with van der Waals surface area (Å²) in [6, 6.07) is 0. The zero-order valence-corrected chi connectivity index (χ0v) is 10.4. The van der Waals surface area contributed by atoms with Gasteiger partial charge in [-0.05, 0) is 6.92 Å². The van der Waals surface area contributed by atoms with Gasteiger partial charge in [0.15, 0.2) is 6.10 Å². The van der Waals surface area contributed by atoms with Crippen molar-refractivity contribution in [2.75, 3.05) is 0 Å². The third-order valence-electron chi connectivity index (χ3n) is 4.06. The predicted molar refractivity (Wildman–Crippen MR) is 58.2 cm³/mol. The van der Waals surface area contributed by atoms with Gasteiger partial charge in [-0.1, -0.05) is 0 Å². The third kappa shape index (κ3) is 1.51. The van der Waals surface area contributed by atoms with Gasteiger partial charge < -0.3 is 24.4 Å². The van der Waals surface area contributed by atoms with Crippen LogP contribution in [-0.2, 0) is 23.8 Å². The third-order valence-corrected chi connectivity index (χ3v) is 4.06. The molecule has 104 valence electrons. The van der Waals surface area contributed by atoms with Crippen LogP contribution < -0.4 is 0 Å². The van der Waals surface area contributed by atoms with Crippen LogP contribution in [0, 0.1) is 11.8 Å². The standard InChI is InChI=1S/C12H14O7/c1-4(13)18-9-8-6-5(10(14)19-8)3-17-11(15)7(6)12(9,2)16/h3,6-9,11,15-16H,1-2H3/t6-,7-,8+,9+,11?,12-/m1/s1. The van der Waals surface area contributed by atoms with Crippen molar-refractivity contribution >= 4 is 11.9 Å². The van der Waals surface area contributed by atoms with Crippen LogP contribution in [0.25, 0.3) is 0 Å². The molecule has 7 nitrogen and oxygen atoms in total. The van der Waals surface area contributed by atoms with E-state index in [1.165, 1.54) is 13.8 Å². The molecule has 1 saturated heterocycles. The SMILES string of the molecule is CC(=O)O[C@H]1[C@H]2OC(=O)C3=COC(O)[C@@H]([C@@H]32)[C@@]1(C)O. The molecule has 1 saturated carbocycles. The van der Waals surface area contributed by atoms with Crippen LogP contribution in [0.15, 0.2) is 11.8 Å². The lowest BCUT2D eigenvalue weighted by Crippen LogP contribution is -2.50. The summed E-state index contributed by atoms with van der Waals surface area (Å²) in [6.45, 7) is 2.64. The largest absolute Gasteiger partial charge is 0.472 e. The molecular weight excluding hydrogens is 256 g/mol. The zero-order chi connectivity index (χ0) is 13.9. The smallest absolute Gasteiger partial charge is 0.338 e. The number of hydrogen-bond donors (Lipinski definition) is 2. The number of hydrogen-bond acceptors (Lipinski definition) is 7. The first-order valence-electron chi connectivity index (χ1n) is 5.98. The van der Waals surface area contributed by atoms with Crippen molar-refractivity contribution in [3.8, 4) is 0 Å². The highest BCUT2D eigenvalue weighted by Crippen LogP contribution is 2.53. The van der Waals surface area contributed by atoms with Gasteiger partial charge in [-0.15, -0.1) is 0 Å². The Balaban J connectivity index is 2.05. The number of aliphatic hydroxyl groups is 2. The van der Waals surface area contributed by atoms with Gasteiger partial charge in [0.25, 0.3) is 0 Å². The van der Waals surface area contributed by atoms with Crippen molar-refractivity contribution in [2.24, 2.45) is 11.8 Å². The Morgan fingerprint density at radius 2 is 2.21 bits per heavy atom. The van der Waals surface area contributed by atoms with E-state index in [1.54, 1.807) is 0 Å². The molecule has 3 rings (SSSR count). The first kappa shape index (κ1) is 12.4. The van der Waals surface area contributed by atoms with E-state index in [0.717, 1.165) is 6.26 Å². The van der Waals surface area contributed by atoms with Crippen molar-refractivity contribution < 1.29 is 34.0 Å². The van der Waals surface area contributed by atoms with E-state index in [9.17, 15) is 19.8 Å². The van der Waals surface area contributed by atoms with Crippen LogP contribution in [0.4, 0.5) is 0 Å². The van der Waals surface area contributed by atoms with E-state index in [1.807, 2.05) is 0 Å². The molecule has 2 N–H and O–H groups in total. The minimum absolute atomic E-state index is 0.259. The van der Waals surface area contributed by atoms with Gasteiger partial charge in [-0.25, -0.2) is 4.79 Å². The van der Waals surface area contributed by atoms with Gasteiger partial charge in [-0.3, -0.25) is 4.79 Å². The van der Waals surface area contributed by atoms with Gasteiger partial charge in [0, 0.05) is 12.8 Å². The molecule has 1 unspecified atom stereocenters. The monoisotopic (exact) mass is 270 g/mol. The van der Waals surface area contributed by atoms with E-state index < -0.39 is 47.9 Å². The fourth-order valence-corrected chi connectivity index (χ4v) is 3.30. The normalized spacial score (nSPS) is 47.1. The highest BCUT2D eigenvalue weighted by molar-refractivity contribution is 5.92. The first-order chi connectivity index (χ1) is 8.84. The Morgan fingerprint density at radius 3 is 2.84 bits per heavy atom. The van der Waals surface area contributed by atoms with Crippen molar-refractivity contribution in [3.05, 3.63) is 11.8 Å². The van der Waals surface area contributed by atoms with Crippen LogP contribution in [0.5, 0.6) is 0 Å². The lowest BCUT2D eigenvalue weighted by Gasteiger charge is -2.36. The summed E-state index contributed by atoms with van der Waals surface area (Å²) in [5, 5.41) is 20.4. The molecule has 6 atom stereocenters. The number of esters is 2. The molecule has 2 fully saturated rings. The molecule has 1 aliphatic carbocycles. The number of aliphatic hydroxyl groups excluding tert-OH is 1. The summed E-state index contributed by atoms with van der Waals surface area (Å²) in [5.41, 5.74) is -1.28. The molecule has 0 aromatic rings. The zero-order valence-electron chi connectivity index (χ0n) is 10.4. The summed E-state index contributed by atoms with van der Waals surface area (Å²) in [4.78, 5) is 22.8. The highest BCUT2D eigenvalue weighted by Gasteiger charge is 2.69. The van der Waals surface area contributed by atoms with E-state index in [2.05, 4.69) is 0 Å². The first-order valence-corrected chi connectivity index (χ1v) is 5.98. The van der Waals surface area contributed by atoms with Crippen LogP contribution in [0.3, 0.4) is 0 Å². The van der Waals surface area contributed by atoms with Gasteiger partial charge in [-0.2, -0.15) is 0 Å². The van der Waals surface area contributed by atoms with Crippen LogP contribution >= 0.6 is 0 Å². The second kappa shape index (κ2) is 3.71. The number of rotatable bonds is 1. The Labute approximate surface area is 108 Å². The minimum atomic E-state index is -1.54. The van der Waals surface area contributed by atoms with E-state index >= 15 is 0 Å². The molecule has 7 heteroatoms. The maximum atomic E-state index is 11.7. The highest BCUT2D eigenvalue weighted by atomic mass is 16.6. The van der Waals surface area contributed by atoms with Crippen LogP contribution in [0.1, 0.15) is 13.8 Å². The molecule has 0 bridgehead atoms. The molecule has 2 aliphatic heterocycles. The molecular formula is C12H14O7. The maximum Gasteiger partial charge on any atom is 0.338 e. The lowest BCUT2D eigenvalue weighted by molar-refractivity contribution is -0.195. The van der Waals surface area contributed by atoms with Gasteiger partial charge >= 0.3 is 11.9 Å². The Kier molecular flexibility index (Phi) is 2.42. The average molecular weight is 270 g/mol. The van der Waals surface area contributed by atoms with Crippen molar-refractivity contribution in [1.82, 2.24) is 0 Å². The molecule has 3 aliphatic rings. The van der Waals surface area contributed by atoms with Crippen molar-refractivity contribution in [1.29, 1.82) is 0 Å². The second-order valence-corrected chi connectivity index (χ2v) is 5.28. The molecule has 0 spiro atoms. The second-order valence-electron chi connectivity index (χ2n) is 5.28. The molecule has 2 heterocycles. The number of carbonyl (C=O) groups is 2. The fraction of sp³-hybridized carbons (Fsp3) is 0.667. The fourth-order valence-electron chi connectivity index (χ4n) is 3.30. The van der Waals surface area contributed by atoms with Crippen LogP contribution in [0.2, 0.25) is 0 Å². The Hall–Kier alpha value is -1.60.